The molecule has 0 amide bonds. The van der Waals surface area contributed by atoms with Crippen LogP contribution in [0.3, 0.4) is 0 Å². The molecule has 178 valence electrons. The number of piperidine rings is 1. The number of sulfonamides is 1. The minimum Gasteiger partial charge on any atom is -0.465 e. The van der Waals surface area contributed by atoms with Gasteiger partial charge in [-0.25, -0.2) is 13.2 Å². The van der Waals surface area contributed by atoms with Crippen LogP contribution >= 0.6 is 0 Å². The van der Waals surface area contributed by atoms with Crippen molar-refractivity contribution in [3.63, 3.8) is 0 Å². The first-order valence-corrected chi connectivity index (χ1v) is 12.1. The maximum Gasteiger partial charge on any atom is 0.339 e. The highest BCUT2D eigenvalue weighted by atomic mass is 32.2. The predicted octanol–water partition coefficient (Wildman–Crippen LogP) is 2.63. The average Bonchev–Trinajstić information content (AvgIpc) is 3.12. The number of benzene rings is 1. The van der Waals surface area contributed by atoms with E-state index in [2.05, 4.69) is 4.98 Å². The van der Waals surface area contributed by atoms with Gasteiger partial charge in [-0.15, -0.1) is 0 Å². The smallest absolute Gasteiger partial charge is 0.339 e. The molecule has 1 aliphatic rings. The average molecular weight is 477 g/mol. The van der Waals surface area contributed by atoms with E-state index in [0.29, 0.717) is 24.1 Å². The van der Waals surface area contributed by atoms with Gasteiger partial charge in [0.1, 0.15) is 0 Å². The number of carbonyl (C=O) groups excluding carboxylic acids is 3. The Balaban J connectivity index is 1.61. The Labute approximate surface area is 193 Å². The molecule has 1 N–H and O–H groups in total. The summed E-state index contributed by atoms with van der Waals surface area (Å²) in [6.45, 7) is 5.14. The zero-order valence-electron chi connectivity index (χ0n) is 19.1. The van der Waals surface area contributed by atoms with Gasteiger partial charge >= 0.3 is 11.9 Å². The van der Waals surface area contributed by atoms with Crippen LogP contribution in [-0.2, 0) is 24.3 Å². The van der Waals surface area contributed by atoms with E-state index >= 15 is 0 Å². The zero-order chi connectivity index (χ0) is 24.3. The molecule has 0 radical (unpaired) electrons. The Morgan fingerprint density at radius 1 is 1.09 bits per heavy atom. The first kappa shape index (κ1) is 24.7. The highest BCUT2D eigenvalue weighted by Gasteiger charge is 2.34. The van der Waals surface area contributed by atoms with Crippen molar-refractivity contribution in [2.45, 2.75) is 44.6 Å². The lowest BCUT2D eigenvalue weighted by molar-refractivity contribution is -0.152. The van der Waals surface area contributed by atoms with Gasteiger partial charge in [-0.2, -0.15) is 4.31 Å². The van der Waals surface area contributed by atoms with Crippen molar-refractivity contribution < 1.29 is 32.3 Å². The van der Waals surface area contributed by atoms with Crippen LogP contribution in [0, 0.1) is 19.8 Å². The molecule has 0 spiro atoms. The fourth-order valence-electron chi connectivity index (χ4n) is 4.01. The van der Waals surface area contributed by atoms with Gasteiger partial charge in [-0.05, 0) is 51.3 Å². The third-order valence-electron chi connectivity index (χ3n) is 5.90. The number of ketones is 1. The lowest BCUT2D eigenvalue weighted by Crippen LogP contribution is -2.41. The van der Waals surface area contributed by atoms with Crippen LogP contribution in [0.5, 0.6) is 0 Å². The van der Waals surface area contributed by atoms with E-state index in [-0.39, 0.29) is 29.2 Å². The van der Waals surface area contributed by atoms with Gasteiger partial charge in [-0.3, -0.25) is 9.59 Å². The van der Waals surface area contributed by atoms with Gasteiger partial charge in [-0.1, -0.05) is 18.2 Å². The van der Waals surface area contributed by atoms with E-state index in [1.165, 1.54) is 18.3 Å². The number of carbonyl (C=O) groups is 3. The molecule has 2 heterocycles. The molecule has 1 atom stereocenters. The molecule has 0 saturated carbocycles. The van der Waals surface area contributed by atoms with E-state index in [0.717, 1.165) is 0 Å². The maximum absolute atomic E-state index is 12.9. The number of rotatable bonds is 7. The Hall–Kier alpha value is -2.98. The van der Waals surface area contributed by atoms with Crippen molar-refractivity contribution in [3.8, 4) is 0 Å². The van der Waals surface area contributed by atoms with Gasteiger partial charge in [0.2, 0.25) is 15.8 Å². The Morgan fingerprint density at radius 2 is 1.70 bits per heavy atom. The number of aromatic nitrogens is 1. The minimum absolute atomic E-state index is 0.191. The van der Waals surface area contributed by atoms with Crippen LogP contribution in [0.4, 0.5) is 0 Å². The van der Waals surface area contributed by atoms with Crippen LogP contribution < -0.4 is 0 Å². The molecule has 10 heteroatoms. The number of methoxy groups -OCH3 is 1. The number of Topliss-reactive ketones (excluding diaryl/α,β-unsaturated/α-hetero) is 1. The molecule has 0 unspecified atom stereocenters. The number of hydrogen-bond acceptors (Lipinski definition) is 7. The van der Waals surface area contributed by atoms with E-state index in [1.807, 2.05) is 0 Å². The van der Waals surface area contributed by atoms with Crippen LogP contribution in [0.15, 0.2) is 35.2 Å². The molecule has 3 rings (SSSR count). The van der Waals surface area contributed by atoms with E-state index in [4.69, 9.17) is 9.47 Å². The lowest BCUT2D eigenvalue weighted by atomic mass is 9.98. The van der Waals surface area contributed by atoms with E-state index in [9.17, 15) is 22.8 Å². The standard InChI is InChI=1S/C23H28N2O7S/c1-14-19(23(28)31-4)15(2)24-20(14)21(26)16(3)32-22(27)17-10-12-25(13-11-17)33(29,30)18-8-6-5-7-9-18/h5-9,16-17,24H,10-13H2,1-4H3/t16-/m1/s1. The third kappa shape index (κ3) is 5.01. The summed E-state index contributed by atoms with van der Waals surface area (Å²) < 4.78 is 37.0. The van der Waals surface area contributed by atoms with Crippen molar-refractivity contribution >= 4 is 27.7 Å². The SMILES string of the molecule is COC(=O)c1c(C)[nH]c(C(=O)[C@@H](C)OC(=O)C2CCN(S(=O)(=O)c3ccccc3)CC2)c1C. The van der Waals surface area contributed by atoms with E-state index < -0.39 is 39.8 Å². The molecule has 1 fully saturated rings. The zero-order valence-corrected chi connectivity index (χ0v) is 19.9. The Morgan fingerprint density at radius 3 is 2.27 bits per heavy atom. The normalized spacial score (nSPS) is 16.2. The van der Waals surface area contributed by atoms with Crippen molar-refractivity contribution in [1.29, 1.82) is 0 Å². The molecule has 0 bridgehead atoms. The number of nitrogens with one attached hydrogen (secondary N) is 1. The van der Waals surface area contributed by atoms with Crippen molar-refractivity contribution in [2.24, 2.45) is 5.92 Å². The van der Waals surface area contributed by atoms with Gasteiger partial charge in [0.25, 0.3) is 0 Å². The summed E-state index contributed by atoms with van der Waals surface area (Å²) in [5.41, 5.74) is 1.41. The lowest BCUT2D eigenvalue weighted by Gasteiger charge is -2.30. The Kier molecular flexibility index (Phi) is 7.38. The Bertz CT molecular complexity index is 1150. The molecule has 33 heavy (non-hydrogen) atoms. The summed E-state index contributed by atoms with van der Waals surface area (Å²) in [6, 6.07) is 8.15. The summed E-state index contributed by atoms with van der Waals surface area (Å²) >= 11 is 0. The van der Waals surface area contributed by atoms with Crippen molar-refractivity contribution in [1.82, 2.24) is 9.29 Å². The first-order valence-electron chi connectivity index (χ1n) is 10.6. The van der Waals surface area contributed by atoms with E-state index in [1.54, 1.807) is 44.2 Å². The molecular formula is C23H28N2O7S. The number of aryl methyl sites for hydroxylation is 1. The second-order valence-electron chi connectivity index (χ2n) is 8.05. The minimum atomic E-state index is -3.61. The summed E-state index contributed by atoms with van der Waals surface area (Å²) in [5.74, 6) is -2.05. The number of hydrogen-bond donors (Lipinski definition) is 1. The van der Waals surface area contributed by atoms with Gasteiger partial charge < -0.3 is 14.5 Å². The molecule has 1 aromatic heterocycles. The van der Waals surface area contributed by atoms with Crippen molar-refractivity contribution in [3.05, 3.63) is 52.8 Å². The molecule has 9 nitrogen and oxygen atoms in total. The second-order valence-corrected chi connectivity index (χ2v) is 9.99. The summed E-state index contributed by atoms with van der Waals surface area (Å²) in [4.78, 5) is 40.6. The predicted molar refractivity (Wildman–Crippen MR) is 119 cm³/mol. The van der Waals surface area contributed by atoms with Crippen LogP contribution in [0.2, 0.25) is 0 Å². The molecule has 1 aliphatic heterocycles. The third-order valence-corrected chi connectivity index (χ3v) is 7.82. The number of esters is 2. The highest BCUT2D eigenvalue weighted by Crippen LogP contribution is 2.26. The molecule has 2 aromatic rings. The number of ether oxygens (including phenoxy) is 2. The summed E-state index contributed by atoms with van der Waals surface area (Å²) in [6.07, 6.45) is -0.455. The summed E-state index contributed by atoms with van der Waals surface area (Å²) in [5, 5.41) is 0. The van der Waals surface area contributed by atoms with Crippen LogP contribution in [0.25, 0.3) is 0 Å². The fraction of sp³-hybridized carbons (Fsp3) is 0.435. The van der Waals surface area contributed by atoms with Crippen LogP contribution in [0.1, 0.15) is 51.9 Å². The van der Waals surface area contributed by atoms with Gasteiger partial charge in [0.15, 0.2) is 6.10 Å². The molecule has 0 aliphatic carbocycles. The summed E-state index contributed by atoms with van der Waals surface area (Å²) in [7, 11) is -2.35. The van der Waals surface area contributed by atoms with Crippen molar-refractivity contribution in [2.75, 3.05) is 20.2 Å². The second kappa shape index (κ2) is 9.88. The topological polar surface area (TPSA) is 123 Å². The monoisotopic (exact) mass is 476 g/mol. The quantitative estimate of drug-likeness (QED) is 0.481. The molecular weight excluding hydrogens is 448 g/mol. The number of nitrogens with zero attached hydrogens (tertiary/aromatic N) is 1. The molecule has 1 aromatic carbocycles. The highest BCUT2D eigenvalue weighted by molar-refractivity contribution is 7.89. The number of aromatic amines is 1. The van der Waals surface area contributed by atoms with Crippen LogP contribution in [-0.4, -0.2) is 61.7 Å². The first-order chi connectivity index (χ1) is 15.6. The largest absolute Gasteiger partial charge is 0.465 e. The number of H-pyrrole nitrogens is 1. The van der Waals surface area contributed by atoms with Gasteiger partial charge in [0, 0.05) is 18.8 Å². The fourth-order valence-corrected chi connectivity index (χ4v) is 5.50. The maximum atomic E-state index is 12.9. The molecule has 1 saturated heterocycles. The van der Waals surface area contributed by atoms with Gasteiger partial charge in [0.05, 0.1) is 29.2 Å².